The first-order valence-corrected chi connectivity index (χ1v) is 9.70. The normalized spacial score (nSPS) is 11.4. The highest BCUT2D eigenvalue weighted by Crippen LogP contribution is 2.24. The van der Waals surface area contributed by atoms with Gasteiger partial charge in [-0.3, -0.25) is 4.99 Å². The van der Waals surface area contributed by atoms with E-state index in [4.69, 9.17) is 20.8 Å². The summed E-state index contributed by atoms with van der Waals surface area (Å²) in [5.74, 6) is 2.09. The minimum atomic E-state index is 0.526. The van der Waals surface area contributed by atoms with Crippen LogP contribution in [0.1, 0.15) is 11.3 Å². The molecule has 1 aromatic carbocycles. The molecule has 0 radical (unpaired) electrons. The van der Waals surface area contributed by atoms with Gasteiger partial charge in [0.05, 0.1) is 24.2 Å². The van der Waals surface area contributed by atoms with Gasteiger partial charge in [0.1, 0.15) is 12.0 Å². The van der Waals surface area contributed by atoms with Gasteiger partial charge in [0.25, 0.3) is 0 Å². The SMILES string of the molecule is CN=C(NCCc1ccc(OC)cc1Cl)NCc1coc(-c2cccs2)n1. The highest BCUT2D eigenvalue weighted by atomic mass is 35.5. The van der Waals surface area contributed by atoms with E-state index in [1.54, 1.807) is 31.8 Å². The fourth-order valence-electron chi connectivity index (χ4n) is 2.47. The third-order valence-electron chi connectivity index (χ3n) is 3.89. The second-order valence-corrected chi connectivity index (χ2v) is 7.04. The van der Waals surface area contributed by atoms with Crippen LogP contribution in [0.15, 0.2) is 51.4 Å². The molecule has 0 aliphatic heterocycles. The van der Waals surface area contributed by atoms with E-state index < -0.39 is 0 Å². The number of methoxy groups -OCH3 is 1. The lowest BCUT2D eigenvalue weighted by Gasteiger charge is -2.12. The summed E-state index contributed by atoms with van der Waals surface area (Å²) in [4.78, 5) is 9.72. The number of benzene rings is 1. The zero-order valence-electron chi connectivity index (χ0n) is 15.2. The molecule has 6 nitrogen and oxygen atoms in total. The number of nitrogens with zero attached hydrogens (tertiary/aromatic N) is 2. The van der Waals surface area contributed by atoms with Crippen molar-refractivity contribution in [2.75, 3.05) is 20.7 Å². The average molecular weight is 405 g/mol. The number of hydrogen-bond acceptors (Lipinski definition) is 5. The van der Waals surface area contributed by atoms with Gasteiger partial charge in [0.2, 0.25) is 5.89 Å². The summed E-state index contributed by atoms with van der Waals surface area (Å²) in [6, 6.07) is 9.66. The van der Waals surface area contributed by atoms with Crippen LogP contribution in [0.2, 0.25) is 5.02 Å². The second kappa shape index (κ2) is 9.43. The molecule has 3 aromatic rings. The predicted molar refractivity (Wildman–Crippen MR) is 110 cm³/mol. The summed E-state index contributed by atoms with van der Waals surface area (Å²) in [6.45, 7) is 1.23. The van der Waals surface area contributed by atoms with E-state index in [1.165, 1.54) is 0 Å². The van der Waals surface area contributed by atoms with Gasteiger partial charge in [0, 0.05) is 18.6 Å². The van der Waals surface area contributed by atoms with Gasteiger partial charge in [-0.25, -0.2) is 4.98 Å². The van der Waals surface area contributed by atoms with E-state index in [9.17, 15) is 0 Å². The Balaban J connectivity index is 1.47. The maximum absolute atomic E-state index is 6.27. The number of guanidine groups is 1. The highest BCUT2D eigenvalue weighted by Gasteiger charge is 2.08. The summed E-state index contributed by atoms with van der Waals surface area (Å²) in [5.41, 5.74) is 1.87. The summed E-state index contributed by atoms with van der Waals surface area (Å²) in [6.07, 6.45) is 2.43. The third kappa shape index (κ3) is 5.24. The largest absolute Gasteiger partial charge is 0.497 e. The molecule has 0 saturated carbocycles. The molecule has 8 heteroatoms. The van der Waals surface area contributed by atoms with Crippen molar-refractivity contribution in [3.05, 3.63) is 58.3 Å². The van der Waals surface area contributed by atoms with Crippen LogP contribution in [-0.2, 0) is 13.0 Å². The van der Waals surface area contributed by atoms with Gasteiger partial charge < -0.3 is 19.8 Å². The van der Waals surface area contributed by atoms with Crippen molar-refractivity contribution in [3.63, 3.8) is 0 Å². The summed E-state index contributed by atoms with van der Waals surface area (Å²) < 4.78 is 10.7. The molecule has 142 valence electrons. The van der Waals surface area contributed by atoms with Gasteiger partial charge in [0.15, 0.2) is 5.96 Å². The Bertz CT molecular complexity index is 893. The topological polar surface area (TPSA) is 71.7 Å². The van der Waals surface area contributed by atoms with Crippen molar-refractivity contribution >= 4 is 28.9 Å². The van der Waals surface area contributed by atoms with Crippen LogP contribution >= 0.6 is 22.9 Å². The number of aliphatic imine (C=N–C) groups is 1. The molecule has 0 atom stereocenters. The molecule has 0 aliphatic rings. The smallest absolute Gasteiger partial charge is 0.236 e. The molecule has 27 heavy (non-hydrogen) atoms. The first kappa shape index (κ1) is 19.3. The van der Waals surface area contributed by atoms with Gasteiger partial charge >= 0.3 is 0 Å². The van der Waals surface area contributed by atoms with Gasteiger partial charge in [-0.05, 0) is 35.6 Å². The van der Waals surface area contributed by atoms with Crippen LogP contribution in [0, 0.1) is 0 Å². The number of aromatic nitrogens is 1. The molecule has 3 rings (SSSR count). The molecular formula is C19H21ClN4O2S. The number of halogens is 1. The van der Waals surface area contributed by atoms with E-state index >= 15 is 0 Å². The molecule has 0 fully saturated rings. The van der Waals surface area contributed by atoms with Crippen molar-refractivity contribution in [2.45, 2.75) is 13.0 Å². The summed E-state index contributed by atoms with van der Waals surface area (Å²) in [5, 5.41) is 9.20. The fraction of sp³-hybridized carbons (Fsp3) is 0.263. The zero-order valence-corrected chi connectivity index (χ0v) is 16.7. The van der Waals surface area contributed by atoms with Crippen molar-refractivity contribution < 1.29 is 9.15 Å². The third-order valence-corrected chi connectivity index (χ3v) is 5.10. The van der Waals surface area contributed by atoms with E-state index in [-0.39, 0.29) is 0 Å². The van der Waals surface area contributed by atoms with Crippen molar-refractivity contribution in [1.82, 2.24) is 15.6 Å². The summed E-state index contributed by atoms with van der Waals surface area (Å²) in [7, 11) is 3.36. The minimum Gasteiger partial charge on any atom is -0.497 e. The second-order valence-electron chi connectivity index (χ2n) is 5.68. The Morgan fingerprint density at radius 2 is 2.22 bits per heavy atom. The molecular weight excluding hydrogens is 384 g/mol. The average Bonchev–Trinajstić information content (AvgIpc) is 3.37. The zero-order chi connectivity index (χ0) is 19.1. The van der Waals surface area contributed by atoms with Crippen molar-refractivity contribution in [2.24, 2.45) is 4.99 Å². The van der Waals surface area contributed by atoms with Crippen molar-refractivity contribution in [1.29, 1.82) is 0 Å². The summed E-state index contributed by atoms with van der Waals surface area (Å²) >= 11 is 7.87. The predicted octanol–water partition coefficient (Wildman–Crippen LogP) is 3.97. The Morgan fingerprint density at radius 3 is 2.93 bits per heavy atom. The molecule has 0 spiro atoms. The maximum atomic E-state index is 6.27. The number of hydrogen-bond donors (Lipinski definition) is 2. The minimum absolute atomic E-state index is 0.526. The molecule has 2 N–H and O–H groups in total. The van der Waals surface area contributed by atoms with E-state index in [1.807, 2.05) is 35.7 Å². The number of thiophene rings is 1. The van der Waals surface area contributed by atoms with Gasteiger partial charge in [-0.1, -0.05) is 23.7 Å². The van der Waals surface area contributed by atoms with Crippen LogP contribution in [-0.4, -0.2) is 31.6 Å². The first-order valence-electron chi connectivity index (χ1n) is 8.45. The number of nitrogens with one attached hydrogen (secondary N) is 2. The van der Waals surface area contributed by atoms with E-state index in [0.717, 1.165) is 28.3 Å². The molecule has 0 saturated heterocycles. The lowest BCUT2D eigenvalue weighted by molar-refractivity contribution is 0.414. The fourth-order valence-corrected chi connectivity index (χ4v) is 3.39. The van der Waals surface area contributed by atoms with Crippen molar-refractivity contribution in [3.8, 4) is 16.5 Å². The van der Waals surface area contributed by atoms with Gasteiger partial charge in [-0.15, -0.1) is 11.3 Å². The van der Waals surface area contributed by atoms with Crippen LogP contribution in [0.25, 0.3) is 10.8 Å². The van der Waals surface area contributed by atoms with Crippen LogP contribution in [0.5, 0.6) is 5.75 Å². The Labute approximate surface area is 167 Å². The molecule has 2 heterocycles. The monoisotopic (exact) mass is 404 g/mol. The van der Waals surface area contributed by atoms with Gasteiger partial charge in [-0.2, -0.15) is 0 Å². The van der Waals surface area contributed by atoms with E-state index in [0.29, 0.717) is 30.0 Å². The number of ether oxygens (including phenoxy) is 1. The quantitative estimate of drug-likeness (QED) is 0.460. The number of rotatable bonds is 7. The lowest BCUT2D eigenvalue weighted by atomic mass is 10.1. The van der Waals surface area contributed by atoms with Crippen LogP contribution in [0.3, 0.4) is 0 Å². The first-order chi connectivity index (χ1) is 13.2. The van der Waals surface area contributed by atoms with Crippen LogP contribution in [0.4, 0.5) is 0 Å². The molecule has 0 unspecified atom stereocenters. The molecule has 0 bridgehead atoms. The number of oxazole rings is 1. The Morgan fingerprint density at radius 1 is 1.33 bits per heavy atom. The Kier molecular flexibility index (Phi) is 6.73. The lowest BCUT2D eigenvalue weighted by Crippen LogP contribution is -2.37. The maximum Gasteiger partial charge on any atom is 0.236 e. The van der Waals surface area contributed by atoms with E-state index in [2.05, 4.69) is 20.6 Å². The molecule has 0 aliphatic carbocycles. The standard InChI is InChI=1S/C19H21ClN4O2S/c1-21-19(22-8-7-13-5-6-15(25-2)10-16(13)20)23-11-14-12-26-18(24-14)17-4-3-9-27-17/h3-6,9-10,12H,7-8,11H2,1-2H3,(H2,21,22,23). The highest BCUT2D eigenvalue weighted by molar-refractivity contribution is 7.13. The van der Waals surface area contributed by atoms with Crippen LogP contribution < -0.4 is 15.4 Å². The Hall–Kier alpha value is -2.51. The molecule has 2 aromatic heterocycles. The molecule has 0 amide bonds.